The first-order valence-corrected chi connectivity index (χ1v) is 3.90. The molecule has 0 radical (unpaired) electrons. The van der Waals surface area contributed by atoms with Crippen molar-refractivity contribution in [3.8, 4) is 0 Å². The first-order chi connectivity index (χ1) is 6.00. The van der Waals surface area contributed by atoms with Gasteiger partial charge in [-0.05, 0) is 6.92 Å². The van der Waals surface area contributed by atoms with Gasteiger partial charge in [-0.15, -0.1) is 0 Å². The zero-order valence-corrected chi connectivity index (χ0v) is 7.55. The summed E-state index contributed by atoms with van der Waals surface area (Å²) in [6.07, 6.45) is -2.57. The molecule has 3 nitrogen and oxygen atoms in total. The summed E-state index contributed by atoms with van der Waals surface area (Å²) < 4.78 is 24.8. The lowest BCUT2D eigenvalue weighted by Gasteiger charge is -2.07. The Morgan fingerprint density at radius 2 is 2.31 bits per heavy atom. The molecule has 0 spiro atoms. The largest absolute Gasteiger partial charge is 0.291 e. The second-order valence-corrected chi connectivity index (χ2v) is 2.85. The third-order valence-electron chi connectivity index (χ3n) is 1.49. The Balaban J connectivity index is 3.14. The fourth-order valence-electron chi connectivity index (χ4n) is 0.947. The van der Waals surface area contributed by atoms with E-state index < -0.39 is 18.5 Å². The van der Waals surface area contributed by atoms with Crippen molar-refractivity contribution in [3.63, 3.8) is 0 Å². The first kappa shape index (κ1) is 10.1. The zero-order chi connectivity index (χ0) is 10.0. The van der Waals surface area contributed by atoms with E-state index in [-0.39, 0.29) is 11.0 Å². The van der Waals surface area contributed by atoms with Gasteiger partial charge >= 0.3 is 0 Å². The van der Waals surface area contributed by atoms with Gasteiger partial charge in [-0.1, -0.05) is 11.6 Å². The van der Waals surface area contributed by atoms with Gasteiger partial charge in [-0.3, -0.25) is 9.36 Å². The van der Waals surface area contributed by atoms with Crippen LogP contribution in [-0.4, -0.2) is 16.0 Å². The first-order valence-electron chi connectivity index (χ1n) is 3.53. The third kappa shape index (κ3) is 2.48. The van der Waals surface area contributed by atoms with E-state index in [1.807, 2.05) is 0 Å². The second kappa shape index (κ2) is 3.83. The Kier molecular flexibility index (Phi) is 2.98. The van der Waals surface area contributed by atoms with Gasteiger partial charge in [0.05, 0.1) is 6.54 Å². The Hall–Kier alpha value is -0.970. The average Bonchev–Trinajstić information content (AvgIpc) is 1.96. The fourth-order valence-corrected chi connectivity index (χ4v) is 1.16. The summed E-state index contributed by atoms with van der Waals surface area (Å²) in [6, 6.07) is 1.01. The van der Waals surface area contributed by atoms with Crippen LogP contribution in [0.15, 0.2) is 10.9 Å². The van der Waals surface area contributed by atoms with Crippen molar-refractivity contribution in [1.29, 1.82) is 0 Å². The molecule has 0 aliphatic carbocycles. The molecule has 13 heavy (non-hydrogen) atoms. The number of hydrogen-bond donors (Lipinski definition) is 0. The van der Waals surface area contributed by atoms with Gasteiger partial charge in [0.2, 0.25) is 0 Å². The lowest BCUT2D eigenvalue weighted by Crippen LogP contribution is -2.25. The van der Waals surface area contributed by atoms with Crippen LogP contribution in [0, 0.1) is 6.92 Å². The average molecular weight is 209 g/mol. The van der Waals surface area contributed by atoms with Gasteiger partial charge in [-0.2, -0.15) is 0 Å². The quantitative estimate of drug-likeness (QED) is 0.690. The zero-order valence-electron chi connectivity index (χ0n) is 6.80. The number of aromatic nitrogens is 2. The maximum atomic E-state index is 12.0. The standard InChI is InChI=1S/C7H7ClF2N2O/c1-4-11-5(8)2-7(13)12(4)3-6(9)10/h2,6H,3H2,1H3. The van der Waals surface area contributed by atoms with E-state index in [0.717, 1.165) is 10.6 Å². The summed E-state index contributed by atoms with van der Waals surface area (Å²) in [6.45, 7) is 0.810. The maximum Gasteiger partial charge on any atom is 0.256 e. The monoisotopic (exact) mass is 208 g/mol. The minimum Gasteiger partial charge on any atom is -0.291 e. The molecule has 0 fully saturated rings. The van der Waals surface area contributed by atoms with Crippen molar-refractivity contribution >= 4 is 11.6 Å². The fraction of sp³-hybridized carbons (Fsp3) is 0.429. The highest BCUT2D eigenvalue weighted by molar-refractivity contribution is 6.29. The molecule has 72 valence electrons. The molecule has 1 aromatic heterocycles. The van der Waals surface area contributed by atoms with Crippen LogP contribution in [0.2, 0.25) is 5.15 Å². The van der Waals surface area contributed by atoms with Crippen molar-refractivity contribution in [1.82, 2.24) is 9.55 Å². The molecule has 0 unspecified atom stereocenters. The summed E-state index contributed by atoms with van der Waals surface area (Å²) in [4.78, 5) is 14.8. The Morgan fingerprint density at radius 3 is 2.77 bits per heavy atom. The molecule has 0 bridgehead atoms. The van der Waals surface area contributed by atoms with Crippen LogP contribution in [0.3, 0.4) is 0 Å². The van der Waals surface area contributed by atoms with E-state index in [0.29, 0.717) is 0 Å². The molecular weight excluding hydrogens is 202 g/mol. The third-order valence-corrected chi connectivity index (χ3v) is 1.68. The number of aryl methyl sites for hydroxylation is 1. The van der Waals surface area contributed by atoms with Crippen LogP contribution in [0.1, 0.15) is 5.82 Å². The van der Waals surface area contributed by atoms with Crippen LogP contribution in [0.25, 0.3) is 0 Å². The van der Waals surface area contributed by atoms with Gasteiger partial charge in [0, 0.05) is 6.07 Å². The van der Waals surface area contributed by atoms with E-state index in [1.165, 1.54) is 6.92 Å². The molecule has 1 aromatic rings. The number of halogens is 3. The lowest BCUT2D eigenvalue weighted by molar-refractivity contribution is 0.124. The van der Waals surface area contributed by atoms with Crippen LogP contribution >= 0.6 is 11.6 Å². The van der Waals surface area contributed by atoms with Crippen LogP contribution < -0.4 is 5.56 Å². The minimum absolute atomic E-state index is 0.0213. The van der Waals surface area contributed by atoms with E-state index in [4.69, 9.17) is 11.6 Å². The molecule has 0 atom stereocenters. The second-order valence-electron chi connectivity index (χ2n) is 2.47. The van der Waals surface area contributed by atoms with E-state index in [2.05, 4.69) is 4.98 Å². The van der Waals surface area contributed by atoms with Crippen LogP contribution in [0.5, 0.6) is 0 Å². The number of nitrogens with zero attached hydrogens (tertiary/aromatic N) is 2. The topological polar surface area (TPSA) is 34.9 Å². The highest BCUT2D eigenvalue weighted by atomic mass is 35.5. The molecule has 0 amide bonds. The molecule has 6 heteroatoms. The van der Waals surface area contributed by atoms with Crippen molar-refractivity contribution in [2.75, 3.05) is 0 Å². The molecule has 0 aliphatic heterocycles. The van der Waals surface area contributed by atoms with Crippen molar-refractivity contribution in [2.24, 2.45) is 0 Å². The van der Waals surface area contributed by atoms with Gasteiger partial charge in [-0.25, -0.2) is 13.8 Å². The van der Waals surface area contributed by atoms with E-state index in [1.54, 1.807) is 0 Å². The van der Waals surface area contributed by atoms with Crippen LogP contribution in [-0.2, 0) is 6.54 Å². The van der Waals surface area contributed by atoms with Crippen molar-refractivity contribution in [2.45, 2.75) is 19.9 Å². The summed E-state index contributed by atoms with van der Waals surface area (Å²) in [5.41, 5.74) is -0.558. The molecule has 0 saturated carbocycles. The van der Waals surface area contributed by atoms with Gasteiger partial charge in [0.25, 0.3) is 12.0 Å². The van der Waals surface area contributed by atoms with E-state index >= 15 is 0 Å². The molecule has 0 aliphatic rings. The molecule has 1 rings (SSSR count). The predicted molar refractivity (Wildman–Crippen MR) is 44.2 cm³/mol. The van der Waals surface area contributed by atoms with Gasteiger partial charge in [0.1, 0.15) is 11.0 Å². The summed E-state index contributed by atoms with van der Waals surface area (Å²) in [7, 11) is 0. The van der Waals surface area contributed by atoms with Crippen molar-refractivity contribution in [3.05, 3.63) is 27.4 Å². The summed E-state index contributed by atoms with van der Waals surface area (Å²) >= 11 is 5.45. The molecule has 0 N–H and O–H groups in total. The highest BCUT2D eigenvalue weighted by Crippen LogP contribution is 2.03. The molecular formula is C7H7ClF2N2O. The highest BCUT2D eigenvalue weighted by Gasteiger charge is 2.09. The molecule has 0 aromatic carbocycles. The predicted octanol–water partition coefficient (Wildman–Crippen LogP) is 1.47. The minimum atomic E-state index is -2.57. The lowest BCUT2D eigenvalue weighted by atomic mass is 10.5. The van der Waals surface area contributed by atoms with Gasteiger partial charge in [0.15, 0.2) is 0 Å². The SMILES string of the molecule is Cc1nc(Cl)cc(=O)n1CC(F)F. The number of hydrogen-bond acceptors (Lipinski definition) is 2. The number of rotatable bonds is 2. The smallest absolute Gasteiger partial charge is 0.256 e. The van der Waals surface area contributed by atoms with Crippen molar-refractivity contribution < 1.29 is 8.78 Å². The van der Waals surface area contributed by atoms with Crippen LogP contribution in [0.4, 0.5) is 8.78 Å². The summed E-state index contributed by atoms with van der Waals surface area (Å²) in [5, 5.41) is 0.0213. The number of alkyl halides is 2. The van der Waals surface area contributed by atoms with E-state index in [9.17, 15) is 13.6 Å². The summed E-state index contributed by atoms with van der Waals surface area (Å²) in [5.74, 6) is 0.192. The Bertz CT molecular complexity index is 364. The molecule has 0 saturated heterocycles. The normalized spacial score (nSPS) is 10.8. The molecule has 1 heterocycles. The van der Waals surface area contributed by atoms with Gasteiger partial charge < -0.3 is 0 Å². The Morgan fingerprint density at radius 1 is 1.69 bits per heavy atom. The maximum absolute atomic E-state index is 12.0. The Labute approximate surface area is 78.0 Å².